The summed E-state index contributed by atoms with van der Waals surface area (Å²) in [6.07, 6.45) is 0. The van der Waals surface area contributed by atoms with E-state index < -0.39 is 5.41 Å². The maximum atomic E-state index is 12.9. The molecular formula is C20H22FNO3S2. The molecule has 0 aliphatic rings. The zero-order valence-electron chi connectivity index (χ0n) is 15.5. The van der Waals surface area contributed by atoms with Gasteiger partial charge in [0.25, 0.3) is 0 Å². The van der Waals surface area contributed by atoms with Gasteiger partial charge >= 0.3 is 5.97 Å². The van der Waals surface area contributed by atoms with Gasteiger partial charge in [0.2, 0.25) is 6.79 Å². The van der Waals surface area contributed by atoms with Crippen LogP contribution in [0.4, 0.5) is 10.1 Å². The Kier molecular flexibility index (Phi) is 7.62. The summed E-state index contributed by atoms with van der Waals surface area (Å²) >= 11 is 6.77. The maximum Gasteiger partial charge on any atom is 0.314 e. The van der Waals surface area contributed by atoms with Crippen LogP contribution in [-0.4, -0.2) is 17.1 Å². The summed E-state index contributed by atoms with van der Waals surface area (Å²) in [6.45, 7) is 5.25. The van der Waals surface area contributed by atoms with Crippen molar-refractivity contribution in [1.29, 1.82) is 0 Å². The fraction of sp³-hybridized carbons (Fsp3) is 0.300. The Balaban J connectivity index is 1.74. The van der Waals surface area contributed by atoms with Gasteiger partial charge in [-0.15, -0.1) is 0 Å². The molecule has 1 N–H and O–H groups in total. The predicted octanol–water partition coefficient (Wildman–Crippen LogP) is 5.38. The molecule has 0 spiro atoms. The number of hydrogen-bond donors (Lipinski definition) is 1. The molecule has 0 heterocycles. The van der Waals surface area contributed by atoms with E-state index in [-0.39, 0.29) is 18.6 Å². The first-order chi connectivity index (χ1) is 12.7. The molecule has 0 atom stereocenters. The zero-order chi connectivity index (χ0) is 19.9. The second-order valence-electron chi connectivity index (χ2n) is 6.80. The molecule has 0 radical (unpaired) electrons. The van der Waals surface area contributed by atoms with Gasteiger partial charge in [-0.05, 0) is 62.7 Å². The van der Waals surface area contributed by atoms with Gasteiger partial charge in [-0.2, -0.15) is 0 Å². The van der Waals surface area contributed by atoms with Crippen LogP contribution < -0.4 is 10.1 Å². The molecule has 144 valence electrons. The molecule has 2 rings (SSSR count). The molecule has 7 heteroatoms. The molecule has 0 bridgehead atoms. The van der Waals surface area contributed by atoms with E-state index in [9.17, 15) is 9.18 Å². The molecule has 0 saturated heterocycles. The lowest BCUT2D eigenvalue weighted by Gasteiger charge is -2.16. The van der Waals surface area contributed by atoms with Crippen molar-refractivity contribution in [2.75, 3.05) is 12.1 Å². The lowest BCUT2D eigenvalue weighted by atomic mass is 9.98. The summed E-state index contributed by atoms with van der Waals surface area (Å²) in [5.74, 6) is 0.719. The van der Waals surface area contributed by atoms with Crippen LogP contribution in [0.25, 0.3) is 0 Å². The fourth-order valence-corrected chi connectivity index (χ4v) is 2.86. The van der Waals surface area contributed by atoms with Crippen molar-refractivity contribution in [3.8, 4) is 5.75 Å². The van der Waals surface area contributed by atoms with Gasteiger partial charge in [0.1, 0.15) is 15.9 Å². The van der Waals surface area contributed by atoms with E-state index in [4.69, 9.17) is 21.7 Å². The molecule has 0 unspecified atom stereocenters. The van der Waals surface area contributed by atoms with Gasteiger partial charge in [-0.25, -0.2) is 4.39 Å². The van der Waals surface area contributed by atoms with Crippen molar-refractivity contribution < 1.29 is 18.7 Å². The minimum absolute atomic E-state index is 0.115. The second kappa shape index (κ2) is 9.71. The van der Waals surface area contributed by atoms with E-state index in [1.165, 1.54) is 23.9 Å². The van der Waals surface area contributed by atoms with E-state index in [1.54, 1.807) is 32.9 Å². The highest BCUT2D eigenvalue weighted by atomic mass is 32.2. The number of esters is 1. The minimum atomic E-state index is -0.551. The third-order valence-electron chi connectivity index (χ3n) is 3.41. The quantitative estimate of drug-likeness (QED) is 0.394. The first kappa shape index (κ1) is 21.2. The Bertz CT molecular complexity index is 771. The van der Waals surface area contributed by atoms with Gasteiger partial charge in [0, 0.05) is 11.4 Å². The summed E-state index contributed by atoms with van der Waals surface area (Å²) in [5, 5.41) is 3.06. The third-order valence-corrected chi connectivity index (χ3v) is 4.71. The highest BCUT2D eigenvalue weighted by Gasteiger charge is 2.22. The normalized spacial score (nSPS) is 11.0. The van der Waals surface area contributed by atoms with Crippen LogP contribution in [0.15, 0.2) is 48.5 Å². The number of halogens is 1. The molecule has 0 aliphatic heterocycles. The highest BCUT2D eigenvalue weighted by Crippen LogP contribution is 2.20. The van der Waals surface area contributed by atoms with E-state index in [2.05, 4.69) is 5.32 Å². The smallest absolute Gasteiger partial charge is 0.314 e. The lowest BCUT2D eigenvalue weighted by molar-refractivity contribution is -0.159. The molecule has 4 nitrogen and oxygen atoms in total. The Morgan fingerprint density at radius 3 is 2.33 bits per heavy atom. The van der Waals surface area contributed by atoms with Crippen molar-refractivity contribution >= 4 is 40.0 Å². The first-order valence-electron chi connectivity index (χ1n) is 8.32. The Morgan fingerprint density at radius 1 is 1.11 bits per heavy atom. The van der Waals surface area contributed by atoms with Gasteiger partial charge in [0.15, 0.2) is 0 Å². The van der Waals surface area contributed by atoms with E-state index in [0.29, 0.717) is 15.8 Å². The summed E-state index contributed by atoms with van der Waals surface area (Å²) in [4.78, 5) is 11.7. The Hall–Kier alpha value is -2.12. The molecule has 0 amide bonds. The van der Waals surface area contributed by atoms with Crippen LogP contribution in [0.5, 0.6) is 5.75 Å². The Labute approximate surface area is 168 Å². The maximum absolute atomic E-state index is 12.9. The van der Waals surface area contributed by atoms with Crippen molar-refractivity contribution in [2.24, 2.45) is 5.41 Å². The number of thioether (sulfide) groups is 1. The zero-order valence-corrected chi connectivity index (χ0v) is 17.1. The number of thiocarbonyl (C=S) groups is 1. The standard InChI is InChI=1S/C20H22FNO3S2/c1-20(2,3)18(23)25-13-24-17-10-4-14(5-11-17)12-27-19(26)22-16-8-6-15(21)7-9-16/h4-11H,12-13H2,1-3H3,(H,22,26). The topological polar surface area (TPSA) is 47.6 Å². The second-order valence-corrected chi connectivity index (χ2v) is 8.45. The molecule has 0 saturated carbocycles. The minimum Gasteiger partial charge on any atom is -0.457 e. The molecule has 0 fully saturated rings. The average molecular weight is 408 g/mol. The molecule has 0 aliphatic carbocycles. The van der Waals surface area contributed by atoms with Gasteiger partial charge < -0.3 is 14.8 Å². The van der Waals surface area contributed by atoms with Crippen LogP contribution >= 0.6 is 24.0 Å². The van der Waals surface area contributed by atoms with Crippen LogP contribution in [0.2, 0.25) is 0 Å². The van der Waals surface area contributed by atoms with E-state index in [0.717, 1.165) is 11.3 Å². The summed E-state index contributed by atoms with van der Waals surface area (Å²) in [6, 6.07) is 13.5. The number of nitrogens with one attached hydrogen (secondary N) is 1. The molecule has 0 aromatic heterocycles. The monoisotopic (exact) mass is 407 g/mol. The number of carbonyl (C=O) groups excluding carboxylic acids is 1. The third kappa shape index (κ3) is 7.56. The number of carbonyl (C=O) groups is 1. The van der Waals surface area contributed by atoms with Crippen molar-refractivity contribution in [2.45, 2.75) is 26.5 Å². The lowest BCUT2D eigenvalue weighted by Crippen LogP contribution is -2.24. The molecule has 27 heavy (non-hydrogen) atoms. The van der Waals surface area contributed by atoms with E-state index >= 15 is 0 Å². The fourth-order valence-electron chi connectivity index (χ4n) is 1.89. The number of rotatable bonds is 6. The first-order valence-corrected chi connectivity index (χ1v) is 9.72. The van der Waals surface area contributed by atoms with Gasteiger partial charge in [0.05, 0.1) is 5.41 Å². The highest BCUT2D eigenvalue weighted by molar-refractivity contribution is 8.22. The van der Waals surface area contributed by atoms with E-state index in [1.807, 2.05) is 24.3 Å². The van der Waals surface area contributed by atoms with Crippen molar-refractivity contribution in [1.82, 2.24) is 0 Å². The molecular weight excluding hydrogens is 385 g/mol. The molecule has 2 aromatic rings. The predicted molar refractivity (Wildman–Crippen MR) is 111 cm³/mol. The number of ether oxygens (including phenoxy) is 2. The van der Waals surface area contributed by atoms with Crippen LogP contribution in [0.3, 0.4) is 0 Å². The van der Waals surface area contributed by atoms with Crippen LogP contribution in [-0.2, 0) is 15.3 Å². The van der Waals surface area contributed by atoms with Gasteiger partial charge in [-0.3, -0.25) is 4.79 Å². The van der Waals surface area contributed by atoms with Crippen LogP contribution in [0.1, 0.15) is 26.3 Å². The number of anilines is 1. The summed E-state index contributed by atoms with van der Waals surface area (Å²) in [7, 11) is 0. The number of benzene rings is 2. The SMILES string of the molecule is CC(C)(C)C(=O)OCOc1ccc(CSC(=S)Nc2ccc(F)cc2)cc1. The number of hydrogen-bond acceptors (Lipinski definition) is 5. The Morgan fingerprint density at radius 2 is 1.74 bits per heavy atom. The van der Waals surface area contributed by atoms with Crippen molar-refractivity contribution in [3.05, 3.63) is 59.9 Å². The summed E-state index contributed by atoms with van der Waals surface area (Å²) < 4.78 is 24.0. The molecule has 2 aromatic carbocycles. The van der Waals surface area contributed by atoms with Crippen LogP contribution in [0, 0.1) is 11.2 Å². The van der Waals surface area contributed by atoms with Gasteiger partial charge in [-0.1, -0.05) is 36.1 Å². The van der Waals surface area contributed by atoms with Crippen molar-refractivity contribution in [3.63, 3.8) is 0 Å². The summed E-state index contributed by atoms with van der Waals surface area (Å²) in [5.41, 5.74) is 1.27. The largest absolute Gasteiger partial charge is 0.457 e. The average Bonchev–Trinajstić information content (AvgIpc) is 2.62.